The molecule has 1 aromatic rings. The van der Waals surface area contributed by atoms with Crippen LogP contribution in [0.4, 0.5) is 4.79 Å². The number of carbonyl (C=O) groups excluding carboxylic acids is 1. The third-order valence-corrected chi connectivity index (χ3v) is 3.61. The molecule has 1 aromatic heterocycles. The van der Waals surface area contributed by atoms with E-state index in [-0.39, 0.29) is 12.1 Å². The van der Waals surface area contributed by atoms with Crippen molar-refractivity contribution in [1.82, 2.24) is 20.0 Å². The number of amides is 1. The summed E-state index contributed by atoms with van der Waals surface area (Å²) >= 11 is 5.74. The second-order valence-electron chi connectivity index (χ2n) is 6.61. The van der Waals surface area contributed by atoms with Gasteiger partial charge in [-0.1, -0.05) is 11.6 Å². The fraction of sp³-hybridized carbons (Fsp3) is 0.667. The van der Waals surface area contributed by atoms with Gasteiger partial charge in [-0.3, -0.25) is 4.90 Å². The first-order valence-electron chi connectivity index (χ1n) is 7.45. The van der Waals surface area contributed by atoms with E-state index in [2.05, 4.69) is 15.1 Å². The second-order valence-corrected chi connectivity index (χ2v) is 6.99. The molecule has 1 aliphatic heterocycles. The summed E-state index contributed by atoms with van der Waals surface area (Å²) in [6, 6.07) is 3.72. The molecule has 22 heavy (non-hydrogen) atoms. The molecule has 0 aliphatic carbocycles. The van der Waals surface area contributed by atoms with E-state index in [1.54, 1.807) is 11.0 Å². The number of ether oxygens (including phenoxy) is 1. The summed E-state index contributed by atoms with van der Waals surface area (Å²) in [5, 5.41) is 8.32. The number of halogens is 1. The largest absolute Gasteiger partial charge is 0.444 e. The van der Waals surface area contributed by atoms with Crippen molar-refractivity contribution in [2.24, 2.45) is 0 Å². The van der Waals surface area contributed by atoms with Gasteiger partial charge in [0.1, 0.15) is 5.60 Å². The number of hydrogen-bond donors (Lipinski definition) is 0. The molecule has 1 unspecified atom stereocenters. The van der Waals surface area contributed by atoms with E-state index in [0.29, 0.717) is 18.2 Å². The second kappa shape index (κ2) is 6.79. The third-order valence-electron chi connectivity index (χ3n) is 3.41. The van der Waals surface area contributed by atoms with Crippen molar-refractivity contribution in [3.05, 3.63) is 23.0 Å². The van der Waals surface area contributed by atoms with Gasteiger partial charge in [-0.15, -0.1) is 5.10 Å². The average Bonchev–Trinajstić information content (AvgIpc) is 2.39. The maximum absolute atomic E-state index is 12.2. The smallest absolute Gasteiger partial charge is 0.410 e. The molecule has 2 heterocycles. The van der Waals surface area contributed by atoms with Gasteiger partial charge in [0.2, 0.25) is 0 Å². The highest BCUT2D eigenvalue weighted by atomic mass is 35.5. The minimum atomic E-state index is -0.465. The Morgan fingerprint density at radius 3 is 2.64 bits per heavy atom. The Bertz CT molecular complexity index is 515. The van der Waals surface area contributed by atoms with Crippen molar-refractivity contribution >= 4 is 17.7 Å². The predicted molar refractivity (Wildman–Crippen MR) is 84.7 cm³/mol. The van der Waals surface area contributed by atoms with Gasteiger partial charge in [0.25, 0.3) is 0 Å². The SMILES string of the molecule is CC1CN(Cc2ccc(Cl)nn2)CCN1C(=O)OC(C)(C)C. The molecule has 122 valence electrons. The topological polar surface area (TPSA) is 58.6 Å². The lowest BCUT2D eigenvalue weighted by atomic mass is 10.2. The van der Waals surface area contributed by atoms with Crippen molar-refractivity contribution in [2.75, 3.05) is 19.6 Å². The van der Waals surface area contributed by atoms with Gasteiger partial charge < -0.3 is 9.64 Å². The zero-order valence-corrected chi connectivity index (χ0v) is 14.3. The lowest BCUT2D eigenvalue weighted by Crippen LogP contribution is -2.54. The van der Waals surface area contributed by atoms with Gasteiger partial charge in [-0.05, 0) is 39.8 Å². The number of nitrogens with zero attached hydrogens (tertiary/aromatic N) is 4. The van der Waals surface area contributed by atoms with E-state index in [4.69, 9.17) is 16.3 Å². The number of aromatic nitrogens is 2. The van der Waals surface area contributed by atoms with Crippen LogP contribution >= 0.6 is 11.6 Å². The van der Waals surface area contributed by atoms with Crippen LogP contribution in [-0.4, -0.2) is 57.4 Å². The quantitative estimate of drug-likeness (QED) is 0.836. The van der Waals surface area contributed by atoms with Crippen LogP contribution in [0.5, 0.6) is 0 Å². The van der Waals surface area contributed by atoms with Crippen LogP contribution in [0, 0.1) is 0 Å². The monoisotopic (exact) mass is 326 g/mol. The van der Waals surface area contributed by atoms with Crippen LogP contribution in [-0.2, 0) is 11.3 Å². The molecule has 0 aromatic carbocycles. The minimum absolute atomic E-state index is 0.101. The molecule has 6 nitrogen and oxygen atoms in total. The third kappa shape index (κ3) is 4.81. The molecule has 0 spiro atoms. The van der Waals surface area contributed by atoms with Crippen molar-refractivity contribution in [3.63, 3.8) is 0 Å². The van der Waals surface area contributed by atoms with Gasteiger partial charge >= 0.3 is 6.09 Å². The van der Waals surface area contributed by atoms with Gasteiger partial charge in [0.15, 0.2) is 5.15 Å². The molecule has 1 saturated heterocycles. The number of carbonyl (C=O) groups is 1. The summed E-state index contributed by atoms with van der Waals surface area (Å²) in [6.45, 7) is 10.6. The molecule has 1 amide bonds. The molecule has 1 aliphatic rings. The lowest BCUT2D eigenvalue weighted by Gasteiger charge is -2.40. The van der Waals surface area contributed by atoms with Crippen molar-refractivity contribution in [1.29, 1.82) is 0 Å². The maximum atomic E-state index is 12.2. The highest BCUT2D eigenvalue weighted by molar-refractivity contribution is 6.29. The van der Waals surface area contributed by atoms with E-state index in [1.165, 1.54) is 0 Å². The fourth-order valence-electron chi connectivity index (χ4n) is 2.43. The van der Waals surface area contributed by atoms with Crippen LogP contribution in [0.2, 0.25) is 5.15 Å². The van der Waals surface area contributed by atoms with Crippen molar-refractivity contribution in [3.8, 4) is 0 Å². The number of piperazine rings is 1. The first-order valence-corrected chi connectivity index (χ1v) is 7.82. The predicted octanol–water partition coefficient (Wildman–Crippen LogP) is 2.57. The van der Waals surface area contributed by atoms with Crippen LogP contribution in [0.25, 0.3) is 0 Å². The normalized spacial score (nSPS) is 20.0. The number of hydrogen-bond acceptors (Lipinski definition) is 5. The summed E-state index contributed by atoms with van der Waals surface area (Å²) in [5.41, 5.74) is 0.412. The summed E-state index contributed by atoms with van der Waals surface area (Å²) in [6.07, 6.45) is -0.245. The lowest BCUT2D eigenvalue weighted by molar-refractivity contribution is 0.000409. The van der Waals surface area contributed by atoms with Gasteiger partial charge in [0, 0.05) is 32.2 Å². The van der Waals surface area contributed by atoms with E-state index >= 15 is 0 Å². The Morgan fingerprint density at radius 1 is 1.36 bits per heavy atom. The Labute approximate surface area is 136 Å². The molecule has 0 N–H and O–H groups in total. The van der Waals surface area contributed by atoms with Crippen molar-refractivity contribution in [2.45, 2.75) is 45.9 Å². The Hall–Kier alpha value is -1.40. The average molecular weight is 327 g/mol. The molecule has 2 rings (SSSR count). The molecule has 0 bridgehead atoms. The standard InChI is InChI=1S/C15H23ClN4O2/c1-11-9-19(10-12-5-6-13(16)18-17-12)7-8-20(11)14(21)22-15(2,3)4/h5-6,11H,7-10H2,1-4H3. The van der Waals surface area contributed by atoms with Crippen LogP contribution in [0.1, 0.15) is 33.4 Å². The summed E-state index contributed by atoms with van der Waals surface area (Å²) in [7, 11) is 0. The van der Waals surface area contributed by atoms with E-state index in [1.807, 2.05) is 33.8 Å². The van der Waals surface area contributed by atoms with Gasteiger partial charge in [-0.2, -0.15) is 5.10 Å². The molecule has 0 radical (unpaired) electrons. The van der Waals surface area contributed by atoms with Gasteiger partial charge in [-0.25, -0.2) is 4.79 Å². The molecule has 1 atom stereocenters. The summed E-state index contributed by atoms with van der Waals surface area (Å²) in [4.78, 5) is 16.2. The highest BCUT2D eigenvalue weighted by Crippen LogP contribution is 2.17. The molecular formula is C15H23ClN4O2. The van der Waals surface area contributed by atoms with Crippen LogP contribution < -0.4 is 0 Å². The first-order chi connectivity index (χ1) is 10.2. The zero-order valence-electron chi connectivity index (χ0n) is 13.5. The van der Waals surface area contributed by atoms with Crippen molar-refractivity contribution < 1.29 is 9.53 Å². The fourth-order valence-corrected chi connectivity index (χ4v) is 2.53. The molecule has 1 fully saturated rings. The van der Waals surface area contributed by atoms with Crippen LogP contribution in [0.3, 0.4) is 0 Å². The first kappa shape index (κ1) is 17.0. The number of rotatable bonds is 2. The highest BCUT2D eigenvalue weighted by Gasteiger charge is 2.30. The maximum Gasteiger partial charge on any atom is 0.410 e. The van der Waals surface area contributed by atoms with Gasteiger partial charge in [0.05, 0.1) is 5.69 Å². The van der Waals surface area contributed by atoms with Crippen LogP contribution in [0.15, 0.2) is 12.1 Å². The van der Waals surface area contributed by atoms with E-state index < -0.39 is 5.60 Å². The summed E-state index contributed by atoms with van der Waals surface area (Å²) in [5.74, 6) is 0. The molecule has 0 saturated carbocycles. The Kier molecular flexibility index (Phi) is 5.24. The zero-order chi connectivity index (χ0) is 16.3. The Morgan fingerprint density at radius 2 is 2.09 bits per heavy atom. The minimum Gasteiger partial charge on any atom is -0.444 e. The van der Waals surface area contributed by atoms with E-state index in [0.717, 1.165) is 18.8 Å². The van der Waals surface area contributed by atoms with E-state index in [9.17, 15) is 4.79 Å². The Balaban J connectivity index is 1.89. The summed E-state index contributed by atoms with van der Waals surface area (Å²) < 4.78 is 5.45. The molecule has 7 heteroatoms. The molecular weight excluding hydrogens is 304 g/mol.